The molecule has 104 valence electrons. The molecule has 1 amide bonds. The van der Waals surface area contributed by atoms with Gasteiger partial charge in [-0.25, -0.2) is 8.42 Å². The first-order valence-electron chi connectivity index (χ1n) is 6.32. The van der Waals surface area contributed by atoms with E-state index in [2.05, 4.69) is 5.32 Å². The molecular formula is C13H18N2O3S. The van der Waals surface area contributed by atoms with Crippen LogP contribution in [0.3, 0.4) is 0 Å². The second-order valence-corrected chi connectivity index (χ2v) is 6.54. The Morgan fingerprint density at radius 1 is 1.21 bits per heavy atom. The van der Waals surface area contributed by atoms with E-state index in [0.29, 0.717) is 30.8 Å². The smallest absolute Gasteiger partial charge is 0.243 e. The molecule has 1 aliphatic heterocycles. The van der Waals surface area contributed by atoms with Gasteiger partial charge in [0.2, 0.25) is 15.9 Å². The maximum absolute atomic E-state index is 12.4. The molecule has 1 aromatic carbocycles. The fourth-order valence-corrected chi connectivity index (χ4v) is 3.79. The maximum atomic E-state index is 12.4. The van der Waals surface area contributed by atoms with E-state index < -0.39 is 10.0 Å². The maximum Gasteiger partial charge on any atom is 0.243 e. The number of piperidine rings is 1. The van der Waals surface area contributed by atoms with Crippen molar-refractivity contribution < 1.29 is 13.2 Å². The fraction of sp³-hybridized carbons (Fsp3) is 0.462. The lowest BCUT2D eigenvalue weighted by Crippen LogP contribution is -2.42. The molecule has 0 radical (unpaired) electrons. The molecule has 1 heterocycles. The Morgan fingerprint density at radius 3 is 2.32 bits per heavy atom. The number of amides is 1. The third-order valence-corrected chi connectivity index (χ3v) is 5.36. The molecule has 0 aliphatic carbocycles. The van der Waals surface area contributed by atoms with E-state index in [0.717, 1.165) is 0 Å². The highest BCUT2D eigenvalue weighted by Crippen LogP contribution is 2.23. The van der Waals surface area contributed by atoms with E-state index in [1.165, 1.54) is 4.31 Å². The zero-order chi connectivity index (χ0) is 13.9. The van der Waals surface area contributed by atoms with Crippen LogP contribution in [0.4, 0.5) is 0 Å². The molecule has 0 aromatic heterocycles. The van der Waals surface area contributed by atoms with Gasteiger partial charge in [0.1, 0.15) is 0 Å². The average molecular weight is 282 g/mol. The van der Waals surface area contributed by atoms with Crippen molar-refractivity contribution in [1.82, 2.24) is 9.62 Å². The van der Waals surface area contributed by atoms with Gasteiger partial charge >= 0.3 is 0 Å². The monoisotopic (exact) mass is 282 g/mol. The van der Waals surface area contributed by atoms with Gasteiger partial charge in [-0.15, -0.1) is 0 Å². The molecule has 0 saturated carbocycles. The summed E-state index contributed by atoms with van der Waals surface area (Å²) in [4.78, 5) is 11.8. The molecule has 5 nitrogen and oxygen atoms in total. The van der Waals surface area contributed by atoms with Crippen molar-refractivity contribution in [3.8, 4) is 0 Å². The highest BCUT2D eigenvalue weighted by Gasteiger charge is 2.31. The van der Waals surface area contributed by atoms with Crippen molar-refractivity contribution in [2.45, 2.75) is 17.7 Å². The highest BCUT2D eigenvalue weighted by molar-refractivity contribution is 7.89. The lowest BCUT2D eigenvalue weighted by Gasteiger charge is -2.30. The van der Waals surface area contributed by atoms with Crippen LogP contribution in [0.25, 0.3) is 0 Å². The molecule has 1 fully saturated rings. The van der Waals surface area contributed by atoms with Gasteiger partial charge in [-0.3, -0.25) is 4.79 Å². The first-order valence-corrected chi connectivity index (χ1v) is 7.76. The van der Waals surface area contributed by atoms with Crippen LogP contribution in [0.2, 0.25) is 0 Å². The first-order chi connectivity index (χ1) is 9.05. The standard InChI is InChI=1S/C13H18N2O3S/c1-14-13(16)11-7-9-15(10-8-11)19(17,18)12-5-3-2-4-6-12/h2-6,11H,7-10H2,1H3,(H,14,16). The summed E-state index contributed by atoms with van der Waals surface area (Å²) in [5.74, 6) is -0.0796. The fourth-order valence-electron chi connectivity index (χ4n) is 2.30. The lowest BCUT2D eigenvalue weighted by atomic mass is 9.97. The summed E-state index contributed by atoms with van der Waals surface area (Å²) in [5, 5.41) is 2.61. The average Bonchev–Trinajstić information content (AvgIpc) is 2.47. The number of hydrogen-bond acceptors (Lipinski definition) is 3. The van der Waals surface area contributed by atoms with Crippen LogP contribution in [-0.4, -0.2) is 38.8 Å². The molecule has 19 heavy (non-hydrogen) atoms. The number of rotatable bonds is 3. The summed E-state index contributed by atoms with van der Waals surface area (Å²) in [6.07, 6.45) is 1.15. The molecule has 1 N–H and O–H groups in total. The Morgan fingerprint density at radius 2 is 1.79 bits per heavy atom. The van der Waals surface area contributed by atoms with Crippen molar-refractivity contribution >= 4 is 15.9 Å². The molecule has 0 spiro atoms. The SMILES string of the molecule is CNC(=O)C1CCN(S(=O)(=O)c2ccccc2)CC1. The predicted molar refractivity (Wildman–Crippen MR) is 72.0 cm³/mol. The summed E-state index contributed by atoms with van der Waals surface area (Å²) in [6, 6.07) is 8.41. The zero-order valence-electron chi connectivity index (χ0n) is 10.9. The summed E-state index contributed by atoms with van der Waals surface area (Å²) in [5.41, 5.74) is 0. The van der Waals surface area contributed by atoms with Crippen molar-refractivity contribution in [3.63, 3.8) is 0 Å². The number of hydrogen-bond donors (Lipinski definition) is 1. The first kappa shape index (κ1) is 14.0. The van der Waals surface area contributed by atoms with Crippen LogP contribution in [0.5, 0.6) is 0 Å². The lowest BCUT2D eigenvalue weighted by molar-refractivity contribution is -0.125. The number of sulfonamides is 1. The minimum Gasteiger partial charge on any atom is -0.359 e. The van der Waals surface area contributed by atoms with Crippen LogP contribution in [0, 0.1) is 5.92 Å². The predicted octanol–water partition coefficient (Wildman–Crippen LogP) is 0.833. The van der Waals surface area contributed by atoms with Crippen molar-refractivity contribution in [2.75, 3.05) is 20.1 Å². The number of nitrogens with one attached hydrogen (secondary N) is 1. The largest absolute Gasteiger partial charge is 0.359 e. The number of carbonyl (C=O) groups excluding carboxylic acids is 1. The summed E-state index contributed by atoms with van der Waals surface area (Å²) in [7, 11) is -1.81. The van der Waals surface area contributed by atoms with E-state index in [4.69, 9.17) is 0 Å². The topological polar surface area (TPSA) is 66.5 Å². The van der Waals surface area contributed by atoms with E-state index in [-0.39, 0.29) is 11.8 Å². The number of nitrogens with zero attached hydrogens (tertiary/aromatic N) is 1. The van der Waals surface area contributed by atoms with Gasteiger partial charge in [0, 0.05) is 26.1 Å². The van der Waals surface area contributed by atoms with Gasteiger partial charge < -0.3 is 5.32 Å². The molecule has 0 unspecified atom stereocenters. The second-order valence-electron chi connectivity index (χ2n) is 4.61. The number of carbonyl (C=O) groups is 1. The summed E-state index contributed by atoms with van der Waals surface area (Å²) < 4.78 is 26.2. The van der Waals surface area contributed by atoms with Gasteiger partial charge in [0.25, 0.3) is 0 Å². The van der Waals surface area contributed by atoms with Crippen LogP contribution >= 0.6 is 0 Å². The second kappa shape index (κ2) is 5.71. The summed E-state index contributed by atoms with van der Waals surface area (Å²) >= 11 is 0. The minimum absolute atomic E-state index is 0.00300. The third kappa shape index (κ3) is 2.96. The molecular weight excluding hydrogens is 264 g/mol. The molecule has 0 bridgehead atoms. The quantitative estimate of drug-likeness (QED) is 0.893. The normalized spacial score (nSPS) is 18.2. The van der Waals surface area contributed by atoms with E-state index in [1.54, 1.807) is 37.4 Å². The van der Waals surface area contributed by atoms with E-state index in [1.807, 2.05) is 0 Å². The van der Waals surface area contributed by atoms with Crippen LogP contribution in [0.1, 0.15) is 12.8 Å². The Balaban J connectivity index is 2.08. The minimum atomic E-state index is -3.42. The molecule has 1 aliphatic rings. The molecule has 1 saturated heterocycles. The third-order valence-electron chi connectivity index (χ3n) is 3.45. The Labute approximate surface area is 113 Å². The van der Waals surface area contributed by atoms with Crippen LogP contribution in [-0.2, 0) is 14.8 Å². The van der Waals surface area contributed by atoms with Crippen molar-refractivity contribution in [2.24, 2.45) is 5.92 Å². The van der Waals surface area contributed by atoms with Crippen molar-refractivity contribution in [1.29, 1.82) is 0 Å². The van der Waals surface area contributed by atoms with Crippen molar-refractivity contribution in [3.05, 3.63) is 30.3 Å². The Kier molecular flexibility index (Phi) is 4.21. The van der Waals surface area contributed by atoms with Gasteiger partial charge in [-0.1, -0.05) is 18.2 Å². The van der Waals surface area contributed by atoms with Gasteiger partial charge in [-0.05, 0) is 25.0 Å². The van der Waals surface area contributed by atoms with Gasteiger partial charge in [0.15, 0.2) is 0 Å². The highest BCUT2D eigenvalue weighted by atomic mass is 32.2. The van der Waals surface area contributed by atoms with Crippen LogP contribution < -0.4 is 5.32 Å². The van der Waals surface area contributed by atoms with Crippen LogP contribution in [0.15, 0.2) is 35.2 Å². The Hall–Kier alpha value is -1.40. The van der Waals surface area contributed by atoms with E-state index >= 15 is 0 Å². The molecule has 1 aromatic rings. The van der Waals surface area contributed by atoms with E-state index in [9.17, 15) is 13.2 Å². The van der Waals surface area contributed by atoms with Gasteiger partial charge in [-0.2, -0.15) is 4.31 Å². The Bertz CT molecular complexity index is 534. The molecule has 0 atom stereocenters. The molecule has 6 heteroatoms. The number of benzene rings is 1. The zero-order valence-corrected chi connectivity index (χ0v) is 11.7. The summed E-state index contributed by atoms with van der Waals surface area (Å²) in [6.45, 7) is 0.796. The van der Waals surface area contributed by atoms with Gasteiger partial charge in [0.05, 0.1) is 4.90 Å². The molecule has 2 rings (SSSR count).